The maximum Gasteiger partial charge on any atom is 0.193 e. The summed E-state index contributed by atoms with van der Waals surface area (Å²) in [4.78, 5) is 6.36. The third kappa shape index (κ3) is 6.50. The van der Waals surface area contributed by atoms with Gasteiger partial charge in [-0.25, -0.2) is 4.39 Å². The molecule has 0 bridgehead atoms. The number of hydrogen-bond acceptors (Lipinski definition) is 3. The molecule has 0 aliphatic carbocycles. The minimum absolute atomic E-state index is 0. The largest absolute Gasteiger partial charge is 0.497 e. The third-order valence-electron chi connectivity index (χ3n) is 3.65. The summed E-state index contributed by atoms with van der Waals surface area (Å²) < 4.78 is 18.6. The Morgan fingerprint density at radius 2 is 1.92 bits per heavy atom. The van der Waals surface area contributed by atoms with Crippen LogP contribution in [0.3, 0.4) is 0 Å². The SMILES string of the molecule is COc1ccc(NC(N)=NCC(c2cccc(F)c2)N(C)C)cc1.I. The maximum absolute atomic E-state index is 13.4. The van der Waals surface area contributed by atoms with Gasteiger partial charge in [-0.3, -0.25) is 4.99 Å². The summed E-state index contributed by atoms with van der Waals surface area (Å²) in [7, 11) is 5.47. The standard InChI is InChI=1S/C18H23FN4O.HI/c1-23(2)17(13-5-4-6-14(19)11-13)12-21-18(20)22-15-7-9-16(24-3)10-8-15;/h4-11,17H,12H2,1-3H3,(H3,20,21,22);1H. The van der Waals surface area contributed by atoms with Crippen LogP contribution in [-0.2, 0) is 0 Å². The van der Waals surface area contributed by atoms with Crippen molar-refractivity contribution in [1.82, 2.24) is 4.90 Å². The van der Waals surface area contributed by atoms with Crippen molar-refractivity contribution in [3.05, 3.63) is 59.9 Å². The molecule has 1 unspecified atom stereocenters. The first-order valence-electron chi connectivity index (χ1n) is 7.62. The van der Waals surface area contributed by atoms with Gasteiger partial charge in [0.15, 0.2) is 5.96 Å². The van der Waals surface area contributed by atoms with Gasteiger partial charge in [-0.15, -0.1) is 24.0 Å². The molecule has 0 fully saturated rings. The second kappa shape index (κ2) is 10.2. The Morgan fingerprint density at radius 3 is 2.48 bits per heavy atom. The second-order valence-electron chi connectivity index (χ2n) is 5.61. The molecule has 0 saturated heterocycles. The molecule has 1 atom stereocenters. The smallest absolute Gasteiger partial charge is 0.193 e. The van der Waals surface area contributed by atoms with Crippen molar-refractivity contribution in [2.45, 2.75) is 6.04 Å². The van der Waals surface area contributed by atoms with Crippen molar-refractivity contribution in [2.24, 2.45) is 10.7 Å². The van der Waals surface area contributed by atoms with E-state index in [1.165, 1.54) is 12.1 Å². The monoisotopic (exact) mass is 458 g/mol. The molecule has 0 aliphatic heterocycles. The van der Waals surface area contributed by atoms with Crippen LogP contribution >= 0.6 is 24.0 Å². The van der Waals surface area contributed by atoms with E-state index < -0.39 is 0 Å². The van der Waals surface area contributed by atoms with Crippen molar-refractivity contribution in [3.63, 3.8) is 0 Å². The average Bonchev–Trinajstić information content (AvgIpc) is 2.55. The van der Waals surface area contributed by atoms with Gasteiger partial charge in [0.25, 0.3) is 0 Å². The van der Waals surface area contributed by atoms with Crippen LogP contribution in [0.2, 0.25) is 0 Å². The highest BCUT2D eigenvalue weighted by atomic mass is 127. The van der Waals surface area contributed by atoms with Gasteiger partial charge in [-0.1, -0.05) is 12.1 Å². The first-order valence-corrected chi connectivity index (χ1v) is 7.62. The molecule has 5 nitrogen and oxygen atoms in total. The van der Waals surface area contributed by atoms with Gasteiger partial charge in [0.1, 0.15) is 11.6 Å². The Balaban J connectivity index is 0.00000312. The normalized spacial score (nSPS) is 12.4. The van der Waals surface area contributed by atoms with Gasteiger partial charge in [-0.05, 0) is 56.1 Å². The Labute approximate surface area is 165 Å². The molecule has 25 heavy (non-hydrogen) atoms. The first-order chi connectivity index (χ1) is 11.5. The molecule has 2 rings (SSSR count). The van der Waals surface area contributed by atoms with Crippen molar-refractivity contribution >= 4 is 35.6 Å². The van der Waals surface area contributed by atoms with Crippen molar-refractivity contribution in [3.8, 4) is 5.75 Å². The molecule has 0 spiro atoms. The minimum Gasteiger partial charge on any atom is -0.497 e. The number of hydrogen-bond donors (Lipinski definition) is 2. The highest BCUT2D eigenvalue weighted by Crippen LogP contribution is 2.19. The van der Waals surface area contributed by atoms with Crippen LogP contribution in [0.15, 0.2) is 53.5 Å². The van der Waals surface area contributed by atoms with Crippen LogP contribution in [0.1, 0.15) is 11.6 Å². The lowest BCUT2D eigenvalue weighted by atomic mass is 10.1. The fourth-order valence-corrected chi connectivity index (χ4v) is 2.33. The van der Waals surface area contributed by atoms with E-state index in [4.69, 9.17) is 10.5 Å². The Hall–Kier alpha value is -1.87. The predicted octanol–water partition coefficient (Wildman–Crippen LogP) is 3.48. The molecule has 7 heteroatoms. The third-order valence-corrected chi connectivity index (χ3v) is 3.65. The number of benzene rings is 2. The van der Waals surface area contributed by atoms with Crippen LogP contribution in [0.4, 0.5) is 10.1 Å². The summed E-state index contributed by atoms with van der Waals surface area (Å²) in [5.41, 5.74) is 7.63. The van der Waals surface area contributed by atoms with Crippen molar-refractivity contribution in [2.75, 3.05) is 33.1 Å². The molecular formula is C18H24FIN4O. The highest BCUT2D eigenvalue weighted by molar-refractivity contribution is 14.0. The van der Waals surface area contributed by atoms with Gasteiger partial charge >= 0.3 is 0 Å². The van der Waals surface area contributed by atoms with E-state index in [0.717, 1.165) is 17.0 Å². The zero-order chi connectivity index (χ0) is 17.5. The summed E-state index contributed by atoms with van der Waals surface area (Å²) in [6, 6.07) is 13.9. The summed E-state index contributed by atoms with van der Waals surface area (Å²) >= 11 is 0. The van der Waals surface area contributed by atoms with Crippen LogP contribution < -0.4 is 15.8 Å². The van der Waals surface area contributed by atoms with Crippen LogP contribution in [-0.4, -0.2) is 38.6 Å². The molecule has 0 aromatic heterocycles. The lowest BCUT2D eigenvalue weighted by Gasteiger charge is -2.23. The van der Waals surface area contributed by atoms with Gasteiger partial charge in [0.2, 0.25) is 0 Å². The van der Waals surface area contributed by atoms with Crippen molar-refractivity contribution in [1.29, 1.82) is 0 Å². The second-order valence-corrected chi connectivity index (χ2v) is 5.61. The number of halogens is 2. The maximum atomic E-state index is 13.4. The van der Waals surface area contributed by atoms with Gasteiger partial charge in [0, 0.05) is 5.69 Å². The zero-order valence-electron chi connectivity index (χ0n) is 14.6. The summed E-state index contributed by atoms with van der Waals surface area (Å²) in [6.07, 6.45) is 0. The van der Waals surface area contributed by atoms with E-state index in [2.05, 4.69) is 10.3 Å². The quantitative estimate of drug-likeness (QED) is 0.396. The van der Waals surface area contributed by atoms with Crippen LogP contribution in [0.25, 0.3) is 0 Å². The minimum atomic E-state index is -0.257. The van der Waals surface area contributed by atoms with Crippen LogP contribution in [0.5, 0.6) is 5.75 Å². The van der Waals surface area contributed by atoms with Gasteiger partial charge < -0.3 is 20.7 Å². The molecule has 0 aliphatic rings. The number of guanidine groups is 1. The Kier molecular flexibility index (Phi) is 8.64. The zero-order valence-corrected chi connectivity index (χ0v) is 16.9. The Morgan fingerprint density at radius 1 is 1.24 bits per heavy atom. The number of nitrogens with zero attached hydrogens (tertiary/aromatic N) is 2. The number of nitrogens with two attached hydrogens (primary N) is 1. The lowest BCUT2D eigenvalue weighted by molar-refractivity contribution is 0.306. The number of rotatable bonds is 6. The fourth-order valence-electron chi connectivity index (χ4n) is 2.33. The van der Waals surface area contributed by atoms with E-state index in [-0.39, 0.29) is 35.8 Å². The fraction of sp³-hybridized carbons (Fsp3) is 0.278. The summed E-state index contributed by atoms with van der Waals surface area (Å²) in [5, 5.41) is 3.03. The van der Waals surface area contributed by atoms with E-state index in [0.29, 0.717) is 12.5 Å². The van der Waals surface area contributed by atoms with E-state index >= 15 is 0 Å². The topological polar surface area (TPSA) is 62.9 Å². The number of ether oxygens (including phenoxy) is 1. The molecular weight excluding hydrogens is 434 g/mol. The number of aliphatic imine (C=N–C) groups is 1. The predicted molar refractivity (Wildman–Crippen MR) is 111 cm³/mol. The number of nitrogens with one attached hydrogen (secondary N) is 1. The lowest BCUT2D eigenvalue weighted by Crippen LogP contribution is -2.27. The van der Waals surface area contributed by atoms with Crippen molar-refractivity contribution < 1.29 is 9.13 Å². The van der Waals surface area contributed by atoms with E-state index in [1.807, 2.05) is 49.3 Å². The summed E-state index contributed by atoms with van der Waals surface area (Å²) in [6.45, 7) is 0.422. The molecule has 0 heterocycles. The summed E-state index contributed by atoms with van der Waals surface area (Å²) in [5.74, 6) is 0.825. The number of likely N-dealkylation sites (N-methyl/N-ethyl adjacent to an activating group) is 1. The molecule has 0 radical (unpaired) electrons. The first kappa shape index (κ1) is 21.2. The molecule has 0 saturated carbocycles. The van der Waals surface area contributed by atoms with E-state index in [1.54, 1.807) is 13.2 Å². The highest BCUT2D eigenvalue weighted by Gasteiger charge is 2.14. The number of methoxy groups -OCH3 is 1. The average molecular weight is 458 g/mol. The molecule has 3 N–H and O–H groups in total. The molecule has 2 aromatic rings. The van der Waals surface area contributed by atoms with Gasteiger partial charge in [0.05, 0.1) is 19.7 Å². The van der Waals surface area contributed by atoms with Crippen LogP contribution in [0, 0.1) is 5.82 Å². The van der Waals surface area contributed by atoms with Gasteiger partial charge in [-0.2, -0.15) is 0 Å². The Bertz CT molecular complexity index is 692. The van der Waals surface area contributed by atoms with E-state index in [9.17, 15) is 4.39 Å². The number of anilines is 1. The molecule has 2 aromatic carbocycles. The molecule has 0 amide bonds. The molecule has 136 valence electrons.